The highest BCUT2D eigenvalue weighted by Crippen LogP contribution is 2.37. The van der Waals surface area contributed by atoms with Crippen LogP contribution in [-0.4, -0.2) is 11.0 Å². The third-order valence-corrected chi connectivity index (χ3v) is 3.13. The first-order valence-electron chi connectivity index (χ1n) is 6.72. The Labute approximate surface area is 122 Å². The van der Waals surface area contributed by atoms with Crippen molar-refractivity contribution in [2.45, 2.75) is 32.6 Å². The summed E-state index contributed by atoms with van der Waals surface area (Å²) in [5, 5.41) is 3.23. The quantitative estimate of drug-likeness (QED) is 0.911. The van der Waals surface area contributed by atoms with E-state index in [9.17, 15) is 13.2 Å². The summed E-state index contributed by atoms with van der Waals surface area (Å²) in [5.74, 6) is 0. The lowest BCUT2D eigenvalue weighted by atomic mass is 9.96. The molecule has 0 aliphatic heterocycles. The number of nitrogens with one attached hydrogen (secondary N) is 1. The van der Waals surface area contributed by atoms with Crippen LogP contribution in [0.5, 0.6) is 0 Å². The van der Waals surface area contributed by atoms with Crippen LogP contribution in [0, 0.1) is 0 Å². The van der Waals surface area contributed by atoms with Crippen molar-refractivity contribution >= 4 is 0 Å². The maximum atomic E-state index is 13.1. The molecule has 0 bridgehead atoms. The Bertz CT molecular complexity index is 606. The number of rotatable bonds is 4. The molecule has 1 aromatic heterocycles. The molecule has 0 aliphatic carbocycles. The average molecular weight is 294 g/mol. The number of hydrogen-bond donors (Lipinski definition) is 1. The van der Waals surface area contributed by atoms with Gasteiger partial charge >= 0.3 is 6.18 Å². The molecule has 21 heavy (non-hydrogen) atoms. The second kappa shape index (κ2) is 6.26. The monoisotopic (exact) mass is 294 g/mol. The zero-order valence-electron chi connectivity index (χ0n) is 11.9. The first-order chi connectivity index (χ1) is 9.89. The molecule has 0 radical (unpaired) electrons. The Morgan fingerprint density at radius 2 is 1.81 bits per heavy atom. The fourth-order valence-corrected chi connectivity index (χ4v) is 2.11. The minimum absolute atomic E-state index is 0.117. The highest BCUT2D eigenvalue weighted by molar-refractivity contribution is 5.70. The molecule has 1 aromatic carbocycles. The molecular formula is C16H17F3N2. The van der Waals surface area contributed by atoms with Crippen molar-refractivity contribution in [1.29, 1.82) is 0 Å². The molecule has 2 aromatic rings. The summed E-state index contributed by atoms with van der Waals surface area (Å²) in [6.45, 7) is 4.50. The minimum Gasteiger partial charge on any atom is -0.310 e. The molecule has 0 aliphatic rings. The van der Waals surface area contributed by atoms with E-state index in [0.29, 0.717) is 12.1 Å². The van der Waals surface area contributed by atoms with Gasteiger partial charge in [0.25, 0.3) is 0 Å². The van der Waals surface area contributed by atoms with Gasteiger partial charge in [0.2, 0.25) is 0 Å². The summed E-state index contributed by atoms with van der Waals surface area (Å²) in [6, 6.07) is 8.36. The van der Waals surface area contributed by atoms with Gasteiger partial charge in [-0.25, -0.2) is 0 Å². The van der Waals surface area contributed by atoms with Gasteiger partial charge in [-0.15, -0.1) is 0 Å². The van der Waals surface area contributed by atoms with E-state index in [4.69, 9.17) is 0 Å². The molecule has 1 heterocycles. The fraction of sp³-hybridized carbons (Fsp3) is 0.312. The number of pyridine rings is 1. The summed E-state index contributed by atoms with van der Waals surface area (Å²) in [7, 11) is 0. The van der Waals surface area contributed by atoms with Crippen LogP contribution in [0.25, 0.3) is 11.1 Å². The third-order valence-electron chi connectivity index (χ3n) is 3.13. The van der Waals surface area contributed by atoms with Crippen LogP contribution in [0.1, 0.15) is 25.0 Å². The molecule has 0 saturated carbocycles. The first-order valence-corrected chi connectivity index (χ1v) is 6.72. The zero-order chi connectivity index (χ0) is 15.5. The van der Waals surface area contributed by atoms with Crippen molar-refractivity contribution in [3.05, 3.63) is 53.9 Å². The van der Waals surface area contributed by atoms with E-state index in [0.717, 1.165) is 11.6 Å². The van der Waals surface area contributed by atoms with Crippen LogP contribution in [0.3, 0.4) is 0 Å². The number of benzene rings is 1. The van der Waals surface area contributed by atoms with Crippen molar-refractivity contribution < 1.29 is 13.2 Å². The summed E-state index contributed by atoms with van der Waals surface area (Å²) in [5.41, 5.74) is 0.844. The van der Waals surface area contributed by atoms with Gasteiger partial charge < -0.3 is 5.32 Å². The van der Waals surface area contributed by atoms with E-state index in [1.165, 1.54) is 12.4 Å². The van der Waals surface area contributed by atoms with Gasteiger partial charge in [0, 0.05) is 30.5 Å². The van der Waals surface area contributed by atoms with Gasteiger partial charge in [0.15, 0.2) is 0 Å². The smallest absolute Gasteiger partial charge is 0.310 e. The van der Waals surface area contributed by atoms with E-state index >= 15 is 0 Å². The van der Waals surface area contributed by atoms with Crippen molar-refractivity contribution in [2.24, 2.45) is 0 Å². The maximum absolute atomic E-state index is 13.1. The SMILES string of the molecule is CC(C)NCc1ccccc1-c1cnccc1C(F)(F)F. The number of alkyl halides is 3. The predicted octanol–water partition coefficient (Wildman–Crippen LogP) is 4.27. The van der Waals surface area contributed by atoms with E-state index in [1.807, 2.05) is 26.0 Å². The van der Waals surface area contributed by atoms with E-state index in [2.05, 4.69) is 10.3 Å². The third kappa shape index (κ3) is 3.82. The predicted molar refractivity (Wildman–Crippen MR) is 76.7 cm³/mol. The van der Waals surface area contributed by atoms with Crippen LogP contribution in [-0.2, 0) is 12.7 Å². The normalized spacial score (nSPS) is 11.9. The molecule has 0 atom stereocenters. The zero-order valence-corrected chi connectivity index (χ0v) is 11.9. The molecule has 0 spiro atoms. The standard InChI is InChI=1S/C16H17F3N2/c1-11(2)21-9-12-5-3-4-6-13(12)14-10-20-8-7-15(14)16(17,18)19/h3-8,10-11,21H,9H2,1-2H3. The summed E-state index contributed by atoms with van der Waals surface area (Å²) < 4.78 is 39.4. The lowest BCUT2D eigenvalue weighted by molar-refractivity contribution is -0.137. The van der Waals surface area contributed by atoms with E-state index in [-0.39, 0.29) is 11.6 Å². The Morgan fingerprint density at radius 3 is 2.48 bits per heavy atom. The number of aromatic nitrogens is 1. The van der Waals surface area contributed by atoms with Gasteiger partial charge in [-0.3, -0.25) is 4.98 Å². The molecule has 0 fully saturated rings. The summed E-state index contributed by atoms with van der Waals surface area (Å²) in [4.78, 5) is 3.85. The van der Waals surface area contributed by atoms with Crippen molar-refractivity contribution in [2.75, 3.05) is 0 Å². The number of nitrogens with zero attached hydrogens (tertiary/aromatic N) is 1. The molecule has 2 rings (SSSR count). The van der Waals surface area contributed by atoms with Gasteiger partial charge in [0.1, 0.15) is 0 Å². The largest absolute Gasteiger partial charge is 0.417 e. The Hall–Kier alpha value is -1.88. The summed E-state index contributed by atoms with van der Waals surface area (Å²) in [6.07, 6.45) is -1.95. The Kier molecular flexibility index (Phi) is 4.63. The van der Waals surface area contributed by atoms with Gasteiger partial charge in [-0.1, -0.05) is 38.1 Å². The van der Waals surface area contributed by atoms with Crippen molar-refractivity contribution in [3.63, 3.8) is 0 Å². The van der Waals surface area contributed by atoms with Gasteiger partial charge in [-0.05, 0) is 17.2 Å². The molecule has 5 heteroatoms. The molecule has 0 amide bonds. The highest BCUT2D eigenvalue weighted by Gasteiger charge is 2.33. The van der Waals surface area contributed by atoms with Crippen LogP contribution < -0.4 is 5.32 Å². The van der Waals surface area contributed by atoms with E-state index < -0.39 is 11.7 Å². The minimum atomic E-state index is -4.39. The van der Waals surface area contributed by atoms with Crippen LogP contribution in [0.2, 0.25) is 0 Å². The number of hydrogen-bond acceptors (Lipinski definition) is 2. The molecule has 2 nitrogen and oxygen atoms in total. The van der Waals surface area contributed by atoms with Crippen molar-refractivity contribution in [3.8, 4) is 11.1 Å². The molecular weight excluding hydrogens is 277 g/mol. The van der Waals surface area contributed by atoms with E-state index in [1.54, 1.807) is 12.1 Å². The lowest BCUT2D eigenvalue weighted by Gasteiger charge is -2.16. The maximum Gasteiger partial charge on any atom is 0.417 e. The second-order valence-corrected chi connectivity index (χ2v) is 5.11. The van der Waals surface area contributed by atoms with Gasteiger partial charge in [-0.2, -0.15) is 13.2 Å². The second-order valence-electron chi connectivity index (χ2n) is 5.11. The molecule has 0 unspecified atom stereocenters. The molecule has 0 saturated heterocycles. The Morgan fingerprint density at radius 1 is 1.10 bits per heavy atom. The topological polar surface area (TPSA) is 24.9 Å². The average Bonchev–Trinajstić information content (AvgIpc) is 2.44. The first kappa shape index (κ1) is 15.5. The van der Waals surface area contributed by atoms with Gasteiger partial charge in [0.05, 0.1) is 5.56 Å². The molecule has 112 valence electrons. The molecule has 1 N–H and O–H groups in total. The summed E-state index contributed by atoms with van der Waals surface area (Å²) >= 11 is 0. The van der Waals surface area contributed by atoms with Crippen LogP contribution >= 0.6 is 0 Å². The van der Waals surface area contributed by atoms with Crippen LogP contribution in [0.15, 0.2) is 42.7 Å². The van der Waals surface area contributed by atoms with Crippen molar-refractivity contribution in [1.82, 2.24) is 10.3 Å². The number of halogens is 3. The highest BCUT2D eigenvalue weighted by atomic mass is 19.4. The lowest BCUT2D eigenvalue weighted by Crippen LogP contribution is -2.22. The van der Waals surface area contributed by atoms with Crippen LogP contribution in [0.4, 0.5) is 13.2 Å². The fourth-order valence-electron chi connectivity index (χ4n) is 2.11. The Balaban J connectivity index is 2.48.